The predicted octanol–water partition coefficient (Wildman–Crippen LogP) is 3.83. The number of aliphatic hydroxyl groups is 1. The predicted molar refractivity (Wildman–Crippen MR) is 193 cm³/mol. The normalized spacial score (nSPS) is 13.7. The van der Waals surface area contributed by atoms with E-state index < -0.39 is 47.7 Å². The lowest BCUT2D eigenvalue weighted by atomic mass is 9.94. The zero-order chi connectivity index (χ0) is 37.7. The van der Waals surface area contributed by atoms with Gasteiger partial charge in [-0.25, -0.2) is 4.79 Å². The standard InChI is InChI=1S/C38H52N4O9/c1-23(2)32(35(45)40-22-26-14-15-27(48-6)20-31(26)43)42-36(46)33(39-21-25-16-28(49-7)19-29(17-25)50-8)34(44)30(18-24-12-10-9-11-13-24)41-37(47)51-38(3,4)5/h9-17,19-20,23,30,32-34,39,43-44H,18,21-22H2,1-8H3,(H,40,45)(H,41,47)(H,42,46)/t30-,32-,33+,34+/m0/s1. The van der Waals surface area contributed by atoms with E-state index in [0.717, 1.165) is 5.56 Å². The number of methoxy groups -OCH3 is 3. The van der Waals surface area contributed by atoms with Crippen LogP contribution in [-0.2, 0) is 33.8 Å². The van der Waals surface area contributed by atoms with Gasteiger partial charge in [-0.2, -0.15) is 0 Å². The quantitative estimate of drug-likeness (QED) is 0.121. The molecule has 0 spiro atoms. The fourth-order valence-corrected chi connectivity index (χ4v) is 5.27. The SMILES string of the molecule is COc1cc(CN[C@@H](C(=O)N[C@H](C(=O)NCc2ccc(OC)cc2O)C(C)C)[C@H](O)[C@H](Cc2ccccc2)NC(=O)OC(C)(C)C)cc(OC)c1. The molecule has 0 radical (unpaired) electrons. The van der Waals surface area contributed by atoms with Gasteiger partial charge in [0.1, 0.15) is 40.7 Å². The first kappa shape index (κ1) is 40.4. The van der Waals surface area contributed by atoms with E-state index in [-0.39, 0.29) is 31.2 Å². The summed E-state index contributed by atoms with van der Waals surface area (Å²) in [5.74, 6) is -0.0655. The molecular weight excluding hydrogens is 656 g/mol. The lowest BCUT2D eigenvalue weighted by Gasteiger charge is -2.33. The zero-order valence-corrected chi connectivity index (χ0v) is 30.6. The van der Waals surface area contributed by atoms with E-state index in [2.05, 4.69) is 21.3 Å². The number of nitrogens with one attached hydrogen (secondary N) is 4. The number of hydrogen-bond acceptors (Lipinski definition) is 10. The molecule has 51 heavy (non-hydrogen) atoms. The molecule has 6 N–H and O–H groups in total. The van der Waals surface area contributed by atoms with Crippen molar-refractivity contribution in [2.75, 3.05) is 21.3 Å². The van der Waals surface area contributed by atoms with Crippen LogP contribution in [0, 0.1) is 5.92 Å². The molecule has 0 saturated carbocycles. The van der Waals surface area contributed by atoms with Gasteiger partial charge in [0.2, 0.25) is 11.8 Å². The number of aliphatic hydroxyl groups excluding tert-OH is 1. The number of hydrogen-bond donors (Lipinski definition) is 6. The van der Waals surface area contributed by atoms with Crippen molar-refractivity contribution >= 4 is 17.9 Å². The second-order valence-electron chi connectivity index (χ2n) is 13.5. The smallest absolute Gasteiger partial charge is 0.407 e. The first-order chi connectivity index (χ1) is 24.1. The van der Waals surface area contributed by atoms with E-state index in [4.69, 9.17) is 18.9 Å². The van der Waals surface area contributed by atoms with Crippen LogP contribution in [0.2, 0.25) is 0 Å². The van der Waals surface area contributed by atoms with Gasteiger partial charge in [0.05, 0.1) is 33.5 Å². The van der Waals surface area contributed by atoms with Gasteiger partial charge >= 0.3 is 6.09 Å². The number of rotatable bonds is 17. The van der Waals surface area contributed by atoms with Crippen molar-refractivity contribution in [1.29, 1.82) is 0 Å². The molecule has 13 heteroatoms. The fraction of sp³-hybridized carbons (Fsp3) is 0.447. The number of carbonyl (C=O) groups excluding carboxylic acids is 3. The Bertz CT molecular complexity index is 1570. The van der Waals surface area contributed by atoms with Crippen LogP contribution in [0.4, 0.5) is 4.79 Å². The molecule has 3 aromatic carbocycles. The fourth-order valence-electron chi connectivity index (χ4n) is 5.27. The highest BCUT2D eigenvalue weighted by molar-refractivity contribution is 5.90. The van der Waals surface area contributed by atoms with Crippen LogP contribution in [0.1, 0.15) is 51.3 Å². The van der Waals surface area contributed by atoms with Crippen LogP contribution in [-0.4, -0.2) is 79.3 Å². The van der Waals surface area contributed by atoms with Crippen LogP contribution in [0.15, 0.2) is 66.7 Å². The molecule has 0 aliphatic rings. The summed E-state index contributed by atoms with van der Waals surface area (Å²) < 4.78 is 21.4. The molecule has 3 aromatic rings. The largest absolute Gasteiger partial charge is 0.507 e. The average Bonchev–Trinajstić information content (AvgIpc) is 3.08. The topological polar surface area (TPSA) is 177 Å². The molecule has 0 bridgehead atoms. The minimum atomic E-state index is -1.50. The summed E-state index contributed by atoms with van der Waals surface area (Å²) in [4.78, 5) is 40.7. The highest BCUT2D eigenvalue weighted by Crippen LogP contribution is 2.24. The third kappa shape index (κ3) is 12.7. The number of carbonyl (C=O) groups is 3. The van der Waals surface area contributed by atoms with Gasteiger partial charge in [0, 0.05) is 30.8 Å². The summed E-state index contributed by atoms with van der Waals surface area (Å²) in [5, 5.41) is 33.8. The summed E-state index contributed by atoms with van der Waals surface area (Å²) in [7, 11) is 4.53. The summed E-state index contributed by atoms with van der Waals surface area (Å²) >= 11 is 0. The van der Waals surface area contributed by atoms with Crippen molar-refractivity contribution in [3.8, 4) is 23.0 Å². The molecule has 3 rings (SSSR count). The molecule has 0 saturated heterocycles. The van der Waals surface area contributed by atoms with Gasteiger partial charge in [-0.15, -0.1) is 0 Å². The van der Waals surface area contributed by atoms with Crippen molar-refractivity contribution in [2.45, 2.75) is 84.0 Å². The van der Waals surface area contributed by atoms with Crippen LogP contribution in [0.3, 0.4) is 0 Å². The van der Waals surface area contributed by atoms with E-state index in [1.165, 1.54) is 27.4 Å². The lowest BCUT2D eigenvalue weighted by molar-refractivity contribution is -0.133. The van der Waals surface area contributed by atoms with Crippen molar-refractivity contribution < 1.29 is 43.5 Å². The van der Waals surface area contributed by atoms with Crippen molar-refractivity contribution in [1.82, 2.24) is 21.3 Å². The van der Waals surface area contributed by atoms with Crippen molar-refractivity contribution in [3.63, 3.8) is 0 Å². The maximum absolute atomic E-state index is 14.2. The van der Waals surface area contributed by atoms with Crippen LogP contribution >= 0.6 is 0 Å². The molecule has 0 aliphatic carbocycles. The number of aromatic hydroxyl groups is 1. The van der Waals surface area contributed by atoms with Crippen LogP contribution < -0.4 is 35.5 Å². The van der Waals surface area contributed by atoms with Gasteiger partial charge in [-0.3, -0.25) is 14.9 Å². The van der Waals surface area contributed by atoms with Gasteiger partial charge in [-0.05, 0) is 68.5 Å². The molecule has 0 aliphatic heterocycles. The molecular formula is C38H52N4O9. The Kier molecular flexibility index (Phi) is 14.9. The average molecular weight is 709 g/mol. The Morgan fingerprint density at radius 2 is 1.37 bits per heavy atom. The summed E-state index contributed by atoms with van der Waals surface area (Å²) in [6.07, 6.45) is -2.10. The third-order valence-corrected chi connectivity index (χ3v) is 7.97. The summed E-state index contributed by atoms with van der Waals surface area (Å²) in [6.45, 7) is 8.81. The maximum atomic E-state index is 14.2. The second kappa shape index (κ2) is 18.8. The van der Waals surface area contributed by atoms with E-state index in [9.17, 15) is 24.6 Å². The van der Waals surface area contributed by atoms with Crippen molar-refractivity contribution in [3.05, 3.63) is 83.4 Å². The van der Waals surface area contributed by atoms with E-state index in [1.54, 1.807) is 65.0 Å². The Morgan fingerprint density at radius 1 is 0.745 bits per heavy atom. The molecule has 0 unspecified atom stereocenters. The van der Waals surface area contributed by atoms with Gasteiger partial charge in [0.15, 0.2) is 0 Å². The third-order valence-electron chi connectivity index (χ3n) is 7.97. The number of alkyl carbamates (subject to hydrolysis) is 1. The maximum Gasteiger partial charge on any atom is 0.407 e. The van der Waals surface area contributed by atoms with Crippen LogP contribution in [0.5, 0.6) is 23.0 Å². The number of amides is 3. The Hall–Kier alpha value is -5.01. The lowest BCUT2D eigenvalue weighted by Crippen LogP contribution is -2.62. The van der Waals surface area contributed by atoms with E-state index >= 15 is 0 Å². The highest BCUT2D eigenvalue weighted by atomic mass is 16.6. The summed E-state index contributed by atoms with van der Waals surface area (Å²) in [5.41, 5.74) is 1.13. The number of benzene rings is 3. The minimum absolute atomic E-state index is 0.00527. The molecule has 3 amide bonds. The van der Waals surface area contributed by atoms with Gasteiger partial charge < -0.3 is 45.1 Å². The first-order valence-corrected chi connectivity index (χ1v) is 16.7. The van der Waals surface area contributed by atoms with Crippen molar-refractivity contribution in [2.24, 2.45) is 5.92 Å². The Morgan fingerprint density at radius 3 is 1.92 bits per heavy atom. The highest BCUT2D eigenvalue weighted by Gasteiger charge is 2.37. The van der Waals surface area contributed by atoms with Crippen LogP contribution in [0.25, 0.3) is 0 Å². The summed E-state index contributed by atoms with van der Waals surface area (Å²) in [6, 6.07) is 15.8. The molecule has 0 aromatic heterocycles. The Labute approximate surface area is 300 Å². The van der Waals surface area contributed by atoms with Gasteiger partial charge in [-0.1, -0.05) is 44.2 Å². The molecule has 4 atom stereocenters. The van der Waals surface area contributed by atoms with Gasteiger partial charge in [0.25, 0.3) is 0 Å². The number of ether oxygens (including phenoxy) is 4. The molecule has 278 valence electrons. The first-order valence-electron chi connectivity index (χ1n) is 16.7. The van der Waals surface area contributed by atoms with E-state index in [0.29, 0.717) is 28.4 Å². The minimum Gasteiger partial charge on any atom is -0.507 e. The second-order valence-corrected chi connectivity index (χ2v) is 13.5. The number of phenols is 1. The molecule has 13 nitrogen and oxygen atoms in total. The molecule has 0 heterocycles. The zero-order valence-electron chi connectivity index (χ0n) is 30.6. The monoisotopic (exact) mass is 708 g/mol. The molecule has 0 fully saturated rings. The number of phenolic OH excluding ortho intramolecular Hbond substituents is 1. The van der Waals surface area contributed by atoms with E-state index in [1.807, 2.05) is 30.3 Å². The Balaban J connectivity index is 1.93.